The minimum atomic E-state index is -0.390. The molecule has 3 heteroatoms. The lowest BCUT2D eigenvalue weighted by Gasteiger charge is -2.40. The Labute approximate surface area is 105 Å². The fraction of sp³-hybridized carbons (Fsp3) is 0.929. The molecule has 0 saturated heterocycles. The van der Waals surface area contributed by atoms with E-state index in [0.29, 0.717) is 17.9 Å². The first kappa shape index (κ1) is 12.9. The molecule has 2 atom stereocenters. The first-order valence-corrected chi connectivity index (χ1v) is 7.09. The summed E-state index contributed by atoms with van der Waals surface area (Å²) in [4.78, 5) is 11.8. The zero-order valence-electron chi connectivity index (χ0n) is 11.2. The van der Waals surface area contributed by atoms with Gasteiger partial charge in [-0.25, -0.2) is 0 Å². The van der Waals surface area contributed by atoms with Gasteiger partial charge in [0.25, 0.3) is 0 Å². The average molecular weight is 238 g/mol. The lowest BCUT2D eigenvalue weighted by Crippen LogP contribution is -2.58. The van der Waals surface area contributed by atoms with Crippen molar-refractivity contribution in [2.45, 2.75) is 70.4 Å². The maximum absolute atomic E-state index is 11.8. The van der Waals surface area contributed by atoms with Gasteiger partial charge >= 0.3 is 0 Å². The quantitative estimate of drug-likeness (QED) is 0.771. The lowest BCUT2D eigenvalue weighted by atomic mass is 9.72. The summed E-state index contributed by atoms with van der Waals surface area (Å²) in [7, 11) is 0. The molecule has 2 fully saturated rings. The number of hydrogen-bond donors (Lipinski definition) is 2. The van der Waals surface area contributed by atoms with Gasteiger partial charge in [-0.15, -0.1) is 0 Å². The molecule has 2 saturated carbocycles. The minimum absolute atomic E-state index is 0.127. The van der Waals surface area contributed by atoms with Crippen LogP contribution in [0.1, 0.15) is 58.8 Å². The van der Waals surface area contributed by atoms with Gasteiger partial charge in [0.2, 0.25) is 5.91 Å². The van der Waals surface area contributed by atoms with Crippen LogP contribution in [0.15, 0.2) is 0 Å². The molecule has 3 N–H and O–H groups in total. The first-order valence-electron chi connectivity index (χ1n) is 7.09. The van der Waals surface area contributed by atoms with E-state index >= 15 is 0 Å². The van der Waals surface area contributed by atoms with Gasteiger partial charge in [-0.1, -0.05) is 26.7 Å². The van der Waals surface area contributed by atoms with Crippen LogP contribution in [-0.2, 0) is 4.79 Å². The molecule has 0 aromatic rings. The molecule has 17 heavy (non-hydrogen) atoms. The number of nitrogens with one attached hydrogen (secondary N) is 1. The van der Waals surface area contributed by atoms with Gasteiger partial charge in [0.15, 0.2) is 0 Å². The van der Waals surface area contributed by atoms with Crippen molar-refractivity contribution in [1.82, 2.24) is 5.32 Å². The number of primary amides is 1. The molecule has 98 valence electrons. The van der Waals surface area contributed by atoms with Crippen molar-refractivity contribution >= 4 is 5.91 Å². The van der Waals surface area contributed by atoms with Crippen molar-refractivity contribution in [3.8, 4) is 0 Å². The molecular weight excluding hydrogens is 212 g/mol. The predicted molar refractivity (Wildman–Crippen MR) is 69.5 cm³/mol. The third kappa shape index (κ3) is 3.21. The van der Waals surface area contributed by atoms with E-state index in [1.165, 1.54) is 25.7 Å². The minimum Gasteiger partial charge on any atom is -0.368 e. The predicted octanol–water partition coefficient (Wildman–Crippen LogP) is 2.20. The Balaban J connectivity index is 2.01. The van der Waals surface area contributed by atoms with Gasteiger partial charge in [-0.05, 0) is 43.9 Å². The van der Waals surface area contributed by atoms with Gasteiger partial charge in [0.05, 0.1) is 5.54 Å². The van der Waals surface area contributed by atoms with Crippen LogP contribution < -0.4 is 11.1 Å². The SMILES string of the molecule is CC(C)CC1CCCC(NC2CC2)(C(N)=O)C1. The molecule has 0 aromatic carbocycles. The molecule has 0 bridgehead atoms. The molecule has 2 aliphatic carbocycles. The van der Waals surface area contributed by atoms with Crippen molar-refractivity contribution < 1.29 is 4.79 Å². The van der Waals surface area contributed by atoms with E-state index in [1.54, 1.807) is 0 Å². The van der Waals surface area contributed by atoms with E-state index in [0.717, 1.165) is 19.3 Å². The molecule has 0 heterocycles. The summed E-state index contributed by atoms with van der Waals surface area (Å²) in [5.41, 5.74) is 5.28. The second kappa shape index (κ2) is 4.97. The third-order valence-corrected chi connectivity index (χ3v) is 4.19. The largest absolute Gasteiger partial charge is 0.368 e. The molecule has 0 aromatic heterocycles. The maximum Gasteiger partial charge on any atom is 0.237 e. The molecule has 1 amide bonds. The van der Waals surface area contributed by atoms with Gasteiger partial charge in [0, 0.05) is 6.04 Å². The molecule has 0 spiro atoms. The Kier molecular flexibility index (Phi) is 3.76. The van der Waals surface area contributed by atoms with E-state index in [9.17, 15) is 4.79 Å². The monoisotopic (exact) mass is 238 g/mol. The van der Waals surface area contributed by atoms with Crippen molar-refractivity contribution in [2.75, 3.05) is 0 Å². The summed E-state index contributed by atoms with van der Waals surface area (Å²) < 4.78 is 0. The maximum atomic E-state index is 11.8. The summed E-state index contributed by atoms with van der Waals surface area (Å²) in [6.45, 7) is 4.52. The summed E-state index contributed by atoms with van der Waals surface area (Å²) in [5.74, 6) is 1.25. The van der Waals surface area contributed by atoms with Crippen molar-refractivity contribution in [2.24, 2.45) is 17.6 Å². The fourth-order valence-electron chi connectivity index (χ4n) is 3.30. The highest BCUT2D eigenvalue weighted by Crippen LogP contribution is 2.38. The van der Waals surface area contributed by atoms with E-state index in [2.05, 4.69) is 19.2 Å². The molecule has 0 aliphatic heterocycles. The smallest absolute Gasteiger partial charge is 0.237 e. The van der Waals surface area contributed by atoms with Gasteiger partial charge < -0.3 is 11.1 Å². The van der Waals surface area contributed by atoms with Crippen molar-refractivity contribution in [1.29, 1.82) is 0 Å². The van der Waals surface area contributed by atoms with E-state index in [-0.39, 0.29) is 11.4 Å². The Morgan fingerprint density at radius 2 is 2.12 bits per heavy atom. The summed E-state index contributed by atoms with van der Waals surface area (Å²) in [6, 6.07) is 0.556. The number of nitrogens with two attached hydrogens (primary N) is 1. The van der Waals surface area contributed by atoms with Crippen LogP contribution in [0.25, 0.3) is 0 Å². The standard InChI is InChI=1S/C14H26N2O/c1-10(2)8-11-4-3-7-14(9-11,13(15)17)16-12-5-6-12/h10-12,16H,3-9H2,1-2H3,(H2,15,17). The zero-order valence-corrected chi connectivity index (χ0v) is 11.2. The molecule has 3 nitrogen and oxygen atoms in total. The van der Waals surface area contributed by atoms with E-state index in [1.807, 2.05) is 0 Å². The Bertz CT molecular complexity index is 286. The topological polar surface area (TPSA) is 55.1 Å². The van der Waals surface area contributed by atoms with Crippen LogP contribution in [0.5, 0.6) is 0 Å². The Hall–Kier alpha value is -0.570. The summed E-state index contributed by atoms with van der Waals surface area (Å²) in [6.07, 6.45) is 7.94. The highest BCUT2D eigenvalue weighted by atomic mass is 16.1. The van der Waals surface area contributed by atoms with Crippen LogP contribution in [-0.4, -0.2) is 17.5 Å². The van der Waals surface area contributed by atoms with Crippen LogP contribution in [0.3, 0.4) is 0 Å². The number of carbonyl (C=O) groups excluding carboxylic acids is 1. The second-order valence-electron chi connectivity index (χ2n) is 6.46. The van der Waals surface area contributed by atoms with Crippen molar-refractivity contribution in [3.05, 3.63) is 0 Å². The highest BCUT2D eigenvalue weighted by Gasteiger charge is 2.44. The van der Waals surface area contributed by atoms with Gasteiger partial charge in [-0.2, -0.15) is 0 Å². The number of carbonyl (C=O) groups is 1. The molecule has 2 aliphatic rings. The summed E-state index contributed by atoms with van der Waals surface area (Å²) >= 11 is 0. The van der Waals surface area contributed by atoms with Crippen LogP contribution >= 0.6 is 0 Å². The van der Waals surface area contributed by atoms with Crippen LogP contribution in [0.2, 0.25) is 0 Å². The molecule has 0 radical (unpaired) electrons. The van der Waals surface area contributed by atoms with Gasteiger partial charge in [-0.3, -0.25) is 4.79 Å². The van der Waals surface area contributed by atoms with Gasteiger partial charge in [0.1, 0.15) is 0 Å². The number of amides is 1. The second-order valence-corrected chi connectivity index (χ2v) is 6.46. The zero-order chi connectivity index (χ0) is 12.5. The normalized spacial score (nSPS) is 33.9. The molecular formula is C14H26N2O. The highest BCUT2D eigenvalue weighted by molar-refractivity contribution is 5.84. The fourth-order valence-corrected chi connectivity index (χ4v) is 3.30. The number of rotatable bonds is 5. The first-order chi connectivity index (χ1) is 8.02. The van der Waals surface area contributed by atoms with E-state index < -0.39 is 0 Å². The Morgan fingerprint density at radius 3 is 2.65 bits per heavy atom. The number of hydrogen-bond acceptors (Lipinski definition) is 2. The molecule has 2 rings (SSSR count). The average Bonchev–Trinajstić information content (AvgIpc) is 3.00. The van der Waals surface area contributed by atoms with Crippen LogP contribution in [0, 0.1) is 11.8 Å². The van der Waals surface area contributed by atoms with Crippen molar-refractivity contribution in [3.63, 3.8) is 0 Å². The third-order valence-electron chi connectivity index (χ3n) is 4.19. The van der Waals surface area contributed by atoms with Crippen LogP contribution in [0.4, 0.5) is 0 Å². The van der Waals surface area contributed by atoms with E-state index in [4.69, 9.17) is 5.73 Å². The summed E-state index contributed by atoms with van der Waals surface area (Å²) in [5, 5.41) is 3.53. The lowest BCUT2D eigenvalue weighted by molar-refractivity contribution is -0.126. The molecule has 2 unspecified atom stereocenters. The Morgan fingerprint density at radius 1 is 1.41 bits per heavy atom.